The lowest BCUT2D eigenvalue weighted by Crippen LogP contribution is -2.12. The van der Waals surface area contributed by atoms with Gasteiger partial charge in [-0.3, -0.25) is 10.1 Å². The van der Waals surface area contributed by atoms with Crippen LogP contribution in [0.25, 0.3) is 21.2 Å². The fourth-order valence-corrected chi connectivity index (χ4v) is 5.16. The van der Waals surface area contributed by atoms with Crippen LogP contribution in [0.4, 0.5) is 5.00 Å². The maximum Gasteiger partial charge on any atom is 0.256 e. The van der Waals surface area contributed by atoms with Crippen molar-refractivity contribution < 1.29 is 14.9 Å². The number of nitrogens with one attached hydrogen (secondary N) is 1. The smallest absolute Gasteiger partial charge is 0.256 e. The lowest BCUT2D eigenvalue weighted by Gasteiger charge is -2.09. The Hall–Kier alpha value is -1.93. The summed E-state index contributed by atoms with van der Waals surface area (Å²) < 4.78 is 1.13. The molecule has 0 saturated heterocycles. The van der Waals surface area contributed by atoms with Gasteiger partial charge in [0.05, 0.1) is 0 Å². The Labute approximate surface area is 178 Å². The molecule has 0 saturated carbocycles. The van der Waals surface area contributed by atoms with Crippen LogP contribution in [0.1, 0.15) is 15.9 Å². The number of halogens is 2. The van der Waals surface area contributed by atoms with Gasteiger partial charge < -0.3 is 5.32 Å². The molecule has 8 heteroatoms. The average molecular weight is 450 g/mol. The summed E-state index contributed by atoms with van der Waals surface area (Å²) in [5.41, 5.74) is 2.71. The maximum atomic E-state index is 12.7. The Balaban J connectivity index is 1.67. The maximum absolute atomic E-state index is 12.7. The highest BCUT2D eigenvalue weighted by Crippen LogP contribution is 2.40. The predicted octanol–water partition coefficient (Wildman–Crippen LogP) is 7.18. The first-order valence-electron chi connectivity index (χ1n) is 8.17. The van der Waals surface area contributed by atoms with Gasteiger partial charge in [-0.25, -0.2) is 4.89 Å². The van der Waals surface area contributed by atoms with E-state index in [-0.39, 0.29) is 12.5 Å². The highest BCUT2D eigenvalue weighted by atomic mass is 35.5. The van der Waals surface area contributed by atoms with E-state index < -0.39 is 0 Å². The third-order valence-corrected chi connectivity index (χ3v) is 6.65. The molecule has 0 radical (unpaired) electrons. The Kier molecular flexibility index (Phi) is 5.68. The summed E-state index contributed by atoms with van der Waals surface area (Å²) in [6.45, 7) is -0.0863. The van der Waals surface area contributed by atoms with Crippen molar-refractivity contribution in [3.05, 3.63) is 74.4 Å². The molecule has 0 aliphatic rings. The number of fused-ring (bicyclic) bond motifs is 1. The van der Waals surface area contributed by atoms with Gasteiger partial charge in [0.15, 0.2) is 0 Å². The van der Waals surface area contributed by atoms with Gasteiger partial charge in [-0.1, -0.05) is 29.3 Å². The molecule has 2 N–H and O–H groups in total. The molecule has 28 heavy (non-hydrogen) atoms. The van der Waals surface area contributed by atoms with Crippen molar-refractivity contribution >= 4 is 66.9 Å². The average Bonchev–Trinajstić information content (AvgIpc) is 3.29. The monoisotopic (exact) mass is 449 g/mol. The predicted molar refractivity (Wildman–Crippen MR) is 117 cm³/mol. The number of hydrogen-bond donors (Lipinski definition) is 2. The third-order valence-electron chi connectivity index (χ3n) is 4.27. The van der Waals surface area contributed by atoms with E-state index in [1.54, 1.807) is 35.6 Å². The summed E-state index contributed by atoms with van der Waals surface area (Å²) in [4.78, 5) is 17.1. The number of amides is 1. The molecule has 0 aliphatic carbocycles. The fraction of sp³-hybridized carbons (Fsp3) is 0.0500. The third kappa shape index (κ3) is 3.80. The van der Waals surface area contributed by atoms with Crippen molar-refractivity contribution in [2.24, 2.45) is 0 Å². The Bertz CT molecular complexity index is 1170. The molecule has 0 fully saturated rings. The van der Waals surface area contributed by atoms with Crippen molar-refractivity contribution in [3.8, 4) is 11.1 Å². The van der Waals surface area contributed by atoms with Gasteiger partial charge in [0.25, 0.3) is 5.91 Å². The van der Waals surface area contributed by atoms with Crippen LogP contribution in [-0.4, -0.2) is 11.2 Å². The number of rotatable bonds is 5. The second-order valence-electron chi connectivity index (χ2n) is 5.98. The molecule has 2 aromatic heterocycles. The lowest BCUT2D eigenvalue weighted by atomic mass is 10.0. The van der Waals surface area contributed by atoms with Crippen molar-refractivity contribution in [1.82, 2.24) is 0 Å². The second kappa shape index (κ2) is 8.21. The van der Waals surface area contributed by atoms with Crippen LogP contribution in [0.2, 0.25) is 10.0 Å². The van der Waals surface area contributed by atoms with E-state index in [2.05, 4.69) is 10.2 Å². The summed E-state index contributed by atoms with van der Waals surface area (Å²) in [6.07, 6.45) is 0. The van der Waals surface area contributed by atoms with E-state index in [4.69, 9.17) is 28.5 Å². The first-order valence-corrected chi connectivity index (χ1v) is 10.7. The molecule has 0 atom stereocenters. The number of anilines is 1. The van der Waals surface area contributed by atoms with E-state index in [9.17, 15) is 4.79 Å². The standard InChI is InChI=1S/C20H13Cl2NO3S2/c21-13-2-3-14(17(22)8-13)16-10-28-20(15(16)9-26-25)23-19(24)12-1-4-18-11(7-12)5-6-27-18/h1-8,10,25H,9H2,(H,23,24). The number of thiophene rings is 2. The largest absolute Gasteiger partial charge is 0.313 e. The normalized spacial score (nSPS) is 11.1. The van der Waals surface area contributed by atoms with Gasteiger partial charge >= 0.3 is 0 Å². The van der Waals surface area contributed by atoms with Gasteiger partial charge in [-0.15, -0.1) is 22.7 Å². The molecule has 0 unspecified atom stereocenters. The van der Waals surface area contributed by atoms with Gasteiger partial charge in [-0.2, -0.15) is 0 Å². The van der Waals surface area contributed by atoms with Gasteiger partial charge in [-0.05, 0) is 47.2 Å². The molecule has 2 aromatic carbocycles. The van der Waals surface area contributed by atoms with Crippen LogP contribution in [0.5, 0.6) is 0 Å². The van der Waals surface area contributed by atoms with E-state index in [1.165, 1.54) is 11.3 Å². The van der Waals surface area contributed by atoms with Crippen LogP contribution in [0.15, 0.2) is 53.2 Å². The zero-order valence-electron chi connectivity index (χ0n) is 14.2. The zero-order valence-corrected chi connectivity index (χ0v) is 17.4. The molecular weight excluding hydrogens is 437 g/mol. The fourth-order valence-electron chi connectivity index (χ4n) is 2.91. The minimum atomic E-state index is -0.233. The van der Waals surface area contributed by atoms with Gasteiger partial charge in [0, 0.05) is 42.4 Å². The van der Waals surface area contributed by atoms with Crippen molar-refractivity contribution in [1.29, 1.82) is 0 Å². The van der Waals surface area contributed by atoms with E-state index in [0.717, 1.165) is 21.2 Å². The highest BCUT2D eigenvalue weighted by Gasteiger charge is 2.18. The topological polar surface area (TPSA) is 58.6 Å². The van der Waals surface area contributed by atoms with E-state index >= 15 is 0 Å². The zero-order chi connectivity index (χ0) is 19.7. The SMILES string of the molecule is O=C(Nc1scc(-c2ccc(Cl)cc2Cl)c1COO)c1ccc2sccc2c1. The van der Waals surface area contributed by atoms with E-state index in [0.29, 0.717) is 26.2 Å². The summed E-state index contributed by atoms with van der Waals surface area (Å²) in [6, 6.07) is 12.7. The first-order chi connectivity index (χ1) is 13.6. The molecule has 4 aromatic rings. The molecule has 142 valence electrons. The molecule has 0 spiro atoms. The van der Waals surface area contributed by atoms with E-state index in [1.807, 2.05) is 29.0 Å². The van der Waals surface area contributed by atoms with Crippen LogP contribution in [0, 0.1) is 0 Å². The number of hydrogen-bond acceptors (Lipinski definition) is 5. The van der Waals surface area contributed by atoms with Crippen LogP contribution in [0.3, 0.4) is 0 Å². The van der Waals surface area contributed by atoms with Gasteiger partial charge in [0.2, 0.25) is 0 Å². The second-order valence-corrected chi connectivity index (χ2v) is 8.65. The Morgan fingerprint density at radius 2 is 1.93 bits per heavy atom. The quantitative estimate of drug-likeness (QED) is 0.250. The molecule has 4 rings (SSSR count). The molecule has 4 nitrogen and oxygen atoms in total. The minimum Gasteiger partial charge on any atom is -0.313 e. The number of carbonyl (C=O) groups is 1. The van der Waals surface area contributed by atoms with Crippen molar-refractivity contribution in [2.45, 2.75) is 6.61 Å². The van der Waals surface area contributed by atoms with Crippen LogP contribution < -0.4 is 5.32 Å². The lowest BCUT2D eigenvalue weighted by molar-refractivity contribution is -0.252. The summed E-state index contributed by atoms with van der Waals surface area (Å²) >= 11 is 15.3. The van der Waals surface area contributed by atoms with Crippen LogP contribution in [-0.2, 0) is 11.5 Å². The van der Waals surface area contributed by atoms with Crippen molar-refractivity contribution in [2.75, 3.05) is 5.32 Å². The number of carbonyl (C=O) groups excluding carboxylic acids is 1. The summed E-state index contributed by atoms with van der Waals surface area (Å²) in [5.74, 6) is -0.233. The van der Waals surface area contributed by atoms with Crippen molar-refractivity contribution in [3.63, 3.8) is 0 Å². The Morgan fingerprint density at radius 3 is 2.71 bits per heavy atom. The molecule has 1 amide bonds. The molecule has 0 aliphatic heterocycles. The van der Waals surface area contributed by atoms with Gasteiger partial charge in [0.1, 0.15) is 11.6 Å². The Morgan fingerprint density at radius 1 is 1.07 bits per heavy atom. The summed E-state index contributed by atoms with van der Waals surface area (Å²) in [5, 5.41) is 18.4. The number of benzene rings is 2. The summed E-state index contributed by atoms with van der Waals surface area (Å²) in [7, 11) is 0. The molecule has 2 heterocycles. The minimum absolute atomic E-state index is 0.0863. The molecule has 0 bridgehead atoms. The first kappa shape index (κ1) is 19.4. The van der Waals surface area contributed by atoms with Crippen LogP contribution >= 0.6 is 45.9 Å². The highest BCUT2D eigenvalue weighted by molar-refractivity contribution is 7.17. The molecular formula is C20H13Cl2NO3S2.